The van der Waals surface area contributed by atoms with Crippen molar-refractivity contribution < 1.29 is 37.6 Å². The number of rotatable bonds is 39. The second kappa shape index (κ2) is 39.0. The Morgan fingerprint density at radius 2 is 0.981 bits per heavy atom. The van der Waals surface area contributed by atoms with Crippen molar-refractivity contribution in [2.45, 2.75) is 207 Å². The molecule has 0 aromatic carbocycles. The maximum atomic E-state index is 12.5. The fourth-order valence-corrected chi connectivity index (χ4v) is 6.63. The topological polar surface area (TPSA) is 108 Å². The molecule has 0 saturated heterocycles. The van der Waals surface area contributed by atoms with Gasteiger partial charge in [0.1, 0.15) is 6.61 Å². The van der Waals surface area contributed by atoms with E-state index in [0.717, 1.165) is 70.6 Å². The third-order valence-corrected chi connectivity index (χ3v) is 10.0. The van der Waals surface area contributed by atoms with Gasteiger partial charge < -0.3 is 14.4 Å². The van der Waals surface area contributed by atoms with Gasteiger partial charge in [0.15, 0.2) is 6.10 Å². The Morgan fingerprint density at radius 1 is 0.538 bits per heavy atom. The van der Waals surface area contributed by atoms with E-state index in [1.165, 1.54) is 89.9 Å². The number of phosphoric acid groups is 1. The Morgan fingerprint density at radius 3 is 1.48 bits per heavy atom. The van der Waals surface area contributed by atoms with Gasteiger partial charge in [0.25, 0.3) is 0 Å². The van der Waals surface area contributed by atoms with Gasteiger partial charge in [0, 0.05) is 12.8 Å². The highest BCUT2D eigenvalue weighted by Crippen LogP contribution is 2.43. The number of phosphoric ester groups is 1. The van der Waals surface area contributed by atoms with Crippen LogP contribution in [0.1, 0.15) is 201 Å². The van der Waals surface area contributed by atoms with E-state index in [2.05, 4.69) is 50.3 Å². The SMILES string of the molecule is CC/C=C\C/C=C\C/C=C\CCCCCCCC(=O)OC(COC(=O)CCCCCCCCCCCCCCCCCCC)COP(=O)(O)OCC. The van der Waals surface area contributed by atoms with Crippen molar-refractivity contribution in [2.24, 2.45) is 0 Å². The molecule has 304 valence electrons. The number of hydrogen-bond donors (Lipinski definition) is 1. The summed E-state index contributed by atoms with van der Waals surface area (Å²) in [4.78, 5) is 34.7. The first kappa shape index (κ1) is 50.3. The van der Waals surface area contributed by atoms with Gasteiger partial charge in [0.2, 0.25) is 0 Å². The molecule has 52 heavy (non-hydrogen) atoms. The minimum Gasteiger partial charge on any atom is -0.462 e. The Bertz CT molecular complexity index is 947. The third-order valence-electron chi connectivity index (χ3n) is 8.96. The Labute approximate surface area is 319 Å². The van der Waals surface area contributed by atoms with Gasteiger partial charge in [-0.15, -0.1) is 0 Å². The number of unbranched alkanes of at least 4 members (excludes halogenated alkanes) is 21. The van der Waals surface area contributed by atoms with Crippen molar-refractivity contribution in [1.82, 2.24) is 0 Å². The summed E-state index contributed by atoms with van der Waals surface area (Å²) in [5.74, 6) is -0.812. The first-order chi connectivity index (χ1) is 25.3. The van der Waals surface area contributed by atoms with Gasteiger partial charge in [-0.1, -0.05) is 172 Å². The molecule has 0 spiro atoms. The van der Waals surface area contributed by atoms with Crippen LogP contribution in [0.2, 0.25) is 0 Å². The summed E-state index contributed by atoms with van der Waals surface area (Å²) in [7, 11) is -4.28. The van der Waals surface area contributed by atoms with Crippen molar-refractivity contribution >= 4 is 19.8 Å². The molecule has 9 heteroatoms. The maximum absolute atomic E-state index is 12.5. The molecule has 0 aliphatic carbocycles. The monoisotopic (exact) mass is 755 g/mol. The van der Waals surface area contributed by atoms with E-state index in [9.17, 15) is 19.0 Å². The Hall–Kier alpha value is -1.73. The molecule has 2 unspecified atom stereocenters. The number of allylic oxidation sites excluding steroid dienone is 6. The second-order valence-corrected chi connectivity index (χ2v) is 15.4. The third kappa shape index (κ3) is 38.0. The van der Waals surface area contributed by atoms with Gasteiger partial charge in [-0.25, -0.2) is 4.57 Å². The Balaban J connectivity index is 4.09. The van der Waals surface area contributed by atoms with Crippen molar-refractivity contribution in [3.63, 3.8) is 0 Å². The summed E-state index contributed by atoms with van der Waals surface area (Å²) in [5.41, 5.74) is 0. The molecule has 1 N–H and O–H groups in total. The van der Waals surface area contributed by atoms with Crippen LogP contribution in [0.15, 0.2) is 36.5 Å². The van der Waals surface area contributed by atoms with E-state index in [0.29, 0.717) is 12.8 Å². The molecule has 0 aliphatic rings. The summed E-state index contributed by atoms with van der Waals surface area (Å²) in [6.45, 7) is 5.36. The van der Waals surface area contributed by atoms with Gasteiger partial charge in [-0.3, -0.25) is 18.6 Å². The molecule has 0 radical (unpaired) electrons. The van der Waals surface area contributed by atoms with Crippen LogP contribution in [0.25, 0.3) is 0 Å². The number of carbonyl (C=O) groups excluding carboxylic acids is 2. The molecular formula is C43H79O8P. The molecule has 0 aromatic heterocycles. The summed E-state index contributed by atoms with van der Waals surface area (Å²) in [6, 6.07) is 0. The number of ether oxygens (including phenoxy) is 2. The van der Waals surface area contributed by atoms with Gasteiger partial charge in [0.05, 0.1) is 13.2 Å². The van der Waals surface area contributed by atoms with E-state index >= 15 is 0 Å². The van der Waals surface area contributed by atoms with Crippen molar-refractivity contribution in [3.8, 4) is 0 Å². The first-order valence-electron chi connectivity index (χ1n) is 21.3. The molecule has 0 saturated carbocycles. The normalized spacial score (nSPS) is 13.7. The molecule has 0 fully saturated rings. The largest absolute Gasteiger partial charge is 0.472 e. The highest BCUT2D eigenvalue weighted by molar-refractivity contribution is 7.47. The predicted molar refractivity (Wildman–Crippen MR) is 216 cm³/mol. The molecular weight excluding hydrogens is 675 g/mol. The lowest BCUT2D eigenvalue weighted by Crippen LogP contribution is -2.29. The summed E-state index contributed by atoms with van der Waals surface area (Å²) in [5, 5.41) is 0. The molecule has 0 rings (SSSR count). The van der Waals surface area contributed by atoms with Crippen LogP contribution < -0.4 is 0 Å². The molecule has 0 amide bonds. The molecule has 0 aliphatic heterocycles. The van der Waals surface area contributed by atoms with E-state index in [4.69, 9.17) is 18.5 Å². The number of carbonyl (C=O) groups is 2. The Kier molecular flexibility index (Phi) is 37.7. The van der Waals surface area contributed by atoms with Crippen LogP contribution in [-0.4, -0.2) is 42.8 Å². The van der Waals surface area contributed by atoms with Crippen LogP contribution in [0.3, 0.4) is 0 Å². The highest BCUT2D eigenvalue weighted by Gasteiger charge is 2.25. The molecule has 0 heterocycles. The minimum atomic E-state index is -4.28. The van der Waals surface area contributed by atoms with Crippen molar-refractivity contribution in [1.29, 1.82) is 0 Å². The maximum Gasteiger partial charge on any atom is 0.472 e. The van der Waals surface area contributed by atoms with Gasteiger partial charge in [-0.2, -0.15) is 0 Å². The average Bonchev–Trinajstić information content (AvgIpc) is 3.12. The lowest BCUT2D eigenvalue weighted by atomic mass is 10.0. The first-order valence-corrected chi connectivity index (χ1v) is 22.8. The standard InChI is InChI=1S/C43H79O8P/c1-4-7-9-11-13-15-17-19-21-22-24-25-27-29-31-33-35-37-42(44)48-39-41(40-50-52(46,47)49-6-3)51-43(45)38-36-34-32-30-28-26-23-20-18-16-14-12-10-8-5-2/h8,10,14,16,20,23,41H,4-7,9,11-13,15,17-19,21-22,24-40H2,1-3H3,(H,46,47)/b10-8-,16-14-,23-20-. The number of hydrogen-bond acceptors (Lipinski definition) is 7. The molecule has 8 nitrogen and oxygen atoms in total. The zero-order valence-corrected chi connectivity index (χ0v) is 34.6. The zero-order valence-electron chi connectivity index (χ0n) is 33.7. The van der Waals surface area contributed by atoms with Crippen LogP contribution in [-0.2, 0) is 32.7 Å². The van der Waals surface area contributed by atoms with Crippen LogP contribution in [0, 0.1) is 0 Å². The molecule has 2 atom stereocenters. The zero-order chi connectivity index (χ0) is 38.2. The van der Waals surface area contributed by atoms with Crippen LogP contribution >= 0.6 is 7.82 Å². The van der Waals surface area contributed by atoms with E-state index in [-0.39, 0.29) is 25.6 Å². The fraction of sp³-hybridized carbons (Fsp3) is 0.814. The smallest absolute Gasteiger partial charge is 0.462 e. The lowest BCUT2D eigenvalue weighted by Gasteiger charge is -2.19. The average molecular weight is 755 g/mol. The van der Waals surface area contributed by atoms with Crippen molar-refractivity contribution in [2.75, 3.05) is 19.8 Å². The number of esters is 2. The fourth-order valence-electron chi connectivity index (χ4n) is 5.88. The van der Waals surface area contributed by atoms with Crippen LogP contribution in [0.4, 0.5) is 0 Å². The predicted octanol–water partition coefficient (Wildman–Crippen LogP) is 13.2. The van der Waals surface area contributed by atoms with E-state index in [1.807, 2.05) is 0 Å². The quantitative estimate of drug-likeness (QED) is 0.0286. The van der Waals surface area contributed by atoms with Gasteiger partial charge >= 0.3 is 19.8 Å². The van der Waals surface area contributed by atoms with Gasteiger partial charge in [-0.05, 0) is 51.9 Å². The second-order valence-electron chi connectivity index (χ2n) is 14.0. The molecule has 0 bridgehead atoms. The lowest BCUT2D eigenvalue weighted by molar-refractivity contribution is -0.161. The highest BCUT2D eigenvalue weighted by atomic mass is 31.2. The van der Waals surface area contributed by atoms with Crippen molar-refractivity contribution in [3.05, 3.63) is 36.5 Å². The summed E-state index contributed by atoms with van der Waals surface area (Å²) < 4.78 is 32.6. The van der Waals surface area contributed by atoms with E-state index < -0.39 is 26.5 Å². The molecule has 0 aromatic rings. The van der Waals surface area contributed by atoms with Crippen LogP contribution in [0.5, 0.6) is 0 Å². The van der Waals surface area contributed by atoms with E-state index in [1.54, 1.807) is 6.92 Å². The summed E-state index contributed by atoms with van der Waals surface area (Å²) >= 11 is 0. The minimum absolute atomic E-state index is 0.00257. The summed E-state index contributed by atoms with van der Waals surface area (Å²) in [6.07, 6.45) is 43.4.